The Morgan fingerprint density at radius 3 is 1.11 bits per heavy atom. The van der Waals surface area contributed by atoms with Crippen LogP contribution >= 0.6 is 0 Å². The van der Waals surface area contributed by atoms with E-state index in [4.69, 9.17) is 4.74 Å². The van der Waals surface area contributed by atoms with Gasteiger partial charge in [-0.1, -0.05) is 279 Å². The fourth-order valence-corrected chi connectivity index (χ4v) is 16.4. The molecule has 450 valence electrons. The molecule has 0 amide bonds. The molecule has 0 saturated heterocycles. The predicted octanol–water partition coefficient (Wildman–Crippen LogP) is 22.6. The normalized spacial score (nSPS) is 12.4. The van der Waals surface area contributed by atoms with E-state index >= 15 is 0 Å². The summed E-state index contributed by atoms with van der Waals surface area (Å²) in [5.41, 5.74) is 27.2. The number of hydrogen-bond acceptors (Lipinski definition) is 2. The van der Waals surface area contributed by atoms with E-state index in [1.165, 1.54) is 87.5 Å². The number of fused-ring (bicyclic) bond motifs is 12. The van der Waals surface area contributed by atoms with Crippen molar-refractivity contribution in [3.63, 3.8) is 0 Å². The Kier molecular flexibility index (Phi) is 12.4. The van der Waals surface area contributed by atoms with Crippen LogP contribution in [0, 0.1) is 0 Å². The number of nitrogens with zero attached hydrogens (tertiary/aromatic N) is 3. The number of benzene rings is 16. The maximum Gasteiger partial charge on any atom is 0.256 e. The fraction of sp³-hybridized carbons (Fsp3) is 0. The van der Waals surface area contributed by atoms with Crippen molar-refractivity contribution in [1.82, 2.24) is 9.13 Å². The van der Waals surface area contributed by atoms with E-state index in [2.05, 4.69) is 366 Å². The molecule has 5 heteroatoms. The predicted molar refractivity (Wildman–Crippen MR) is 409 cm³/mol. The van der Waals surface area contributed by atoms with E-state index < -0.39 is 0 Å². The van der Waals surface area contributed by atoms with Gasteiger partial charge < -0.3 is 18.8 Å². The molecule has 16 aromatic carbocycles. The molecule has 0 spiro atoms. The lowest BCUT2D eigenvalue weighted by molar-refractivity contribution is 0.487. The summed E-state index contributed by atoms with van der Waals surface area (Å²) < 4.78 is 12.6. The molecule has 18 aromatic rings. The maximum absolute atomic E-state index is 7.73. The highest BCUT2D eigenvalue weighted by molar-refractivity contribution is 6.99. The molecular weight excluding hydrogens is 1170 g/mol. The third kappa shape index (κ3) is 8.58. The van der Waals surface area contributed by atoms with E-state index in [0.717, 1.165) is 101 Å². The zero-order valence-electron chi connectivity index (χ0n) is 52.8. The Bertz CT molecular complexity index is 5950. The molecule has 2 aliphatic rings. The van der Waals surface area contributed by atoms with E-state index in [1.807, 2.05) is 0 Å². The van der Waals surface area contributed by atoms with Gasteiger partial charge in [-0.05, 0) is 154 Å². The number of rotatable bonds is 9. The molecule has 2 aromatic heterocycles. The number of aromatic nitrogens is 2. The van der Waals surface area contributed by atoms with Crippen molar-refractivity contribution in [2.24, 2.45) is 0 Å². The molecule has 0 fully saturated rings. The summed E-state index contributed by atoms with van der Waals surface area (Å²) in [5, 5.41) is 9.59. The van der Waals surface area contributed by atoms with Crippen LogP contribution in [0.15, 0.2) is 352 Å². The number of anilines is 3. The van der Waals surface area contributed by atoms with Gasteiger partial charge in [-0.3, -0.25) is 0 Å². The first-order chi connectivity index (χ1) is 48.1. The summed E-state index contributed by atoms with van der Waals surface area (Å²) in [4.78, 5) is 2.62. The largest absolute Gasteiger partial charge is 0.458 e. The van der Waals surface area contributed by atoms with Crippen molar-refractivity contribution in [2.75, 3.05) is 4.90 Å². The monoisotopic (exact) mass is 1230 g/mol. The zero-order chi connectivity index (χ0) is 63.7. The van der Waals surface area contributed by atoms with Gasteiger partial charge in [0.2, 0.25) is 0 Å². The van der Waals surface area contributed by atoms with Gasteiger partial charge in [-0.15, -0.1) is 0 Å². The Morgan fingerprint density at radius 2 is 0.629 bits per heavy atom. The molecule has 0 unspecified atom stereocenters. The van der Waals surface area contributed by atoms with Crippen molar-refractivity contribution >= 4 is 105 Å². The lowest BCUT2D eigenvalue weighted by Crippen LogP contribution is -2.59. The zero-order valence-corrected chi connectivity index (χ0v) is 52.8. The van der Waals surface area contributed by atoms with Crippen LogP contribution in [-0.4, -0.2) is 15.8 Å². The van der Waals surface area contributed by atoms with Crippen molar-refractivity contribution in [1.29, 1.82) is 0 Å². The van der Waals surface area contributed by atoms with Crippen LogP contribution in [0.4, 0.5) is 17.1 Å². The van der Waals surface area contributed by atoms with Crippen LogP contribution < -0.4 is 26.0 Å². The molecule has 0 saturated carbocycles. The second-order valence-electron chi connectivity index (χ2n) is 25.8. The minimum Gasteiger partial charge on any atom is -0.458 e. The summed E-state index contributed by atoms with van der Waals surface area (Å²) in [6.45, 7) is -0.232. The van der Waals surface area contributed by atoms with Crippen molar-refractivity contribution in [3.8, 4) is 89.6 Å². The standard InChI is InChI=1S/C92H58BN3O/c1-5-26-59(27-6-1)64-52-65(60-28-7-2-8-29-60)54-66(53-64)90-77-40-15-13-38-75(77)89(76-39-14-16-41-78(76)90)63-48-50-79-85(55-63)96(92-69(61-30-9-3-10-31-61)42-25-43-70(92)62-32-11-4-12-33-62)86-56-68(95-83-46-23-19-36-73(83)74-37-20-24-47-84(74)95)58-88-91(86)93(79)80-51-49-67(57-87(80)97-88)94-81-44-21-17-34-71(81)72-35-18-22-45-82(72)94/h1-58H. The van der Waals surface area contributed by atoms with Crippen molar-refractivity contribution < 1.29 is 4.74 Å². The first kappa shape index (κ1) is 54.8. The molecule has 4 nitrogen and oxygen atoms in total. The van der Waals surface area contributed by atoms with Gasteiger partial charge in [0.05, 0.1) is 33.4 Å². The first-order valence-electron chi connectivity index (χ1n) is 33.5. The van der Waals surface area contributed by atoms with Gasteiger partial charge in [0.15, 0.2) is 0 Å². The van der Waals surface area contributed by atoms with Gasteiger partial charge in [0.25, 0.3) is 6.71 Å². The van der Waals surface area contributed by atoms with Gasteiger partial charge >= 0.3 is 0 Å². The molecule has 0 radical (unpaired) electrons. The van der Waals surface area contributed by atoms with Gasteiger partial charge in [0.1, 0.15) is 11.5 Å². The molecular formula is C92H58BN3O. The molecule has 0 bridgehead atoms. The third-order valence-electron chi connectivity index (χ3n) is 20.5. The average Bonchev–Trinajstić information content (AvgIpc) is 0.780. The van der Waals surface area contributed by atoms with E-state index in [0.29, 0.717) is 0 Å². The molecule has 0 N–H and O–H groups in total. The molecule has 0 atom stereocenters. The quantitative estimate of drug-likeness (QED) is 0.106. The summed E-state index contributed by atoms with van der Waals surface area (Å²) >= 11 is 0. The molecule has 97 heavy (non-hydrogen) atoms. The number of hydrogen-bond donors (Lipinski definition) is 0. The Balaban J connectivity index is 0.892. The Labute approximate surface area is 562 Å². The summed E-state index contributed by atoms with van der Waals surface area (Å²) in [7, 11) is 0. The Morgan fingerprint density at radius 1 is 0.237 bits per heavy atom. The minimum absolute atomic E-state index is 0.232. The van der Waals surface area contributed by atoms with Gasteiger partial charge in [-0.2, -0.15) is 0 Å². The van der Waals surface area contributed by atoms with Crippen LogP contribution in [0.25, 0.3) is 143 Å². The summed E-state index contributed by atoms with van der Waals surface area (Å²) in [6, 6.07) is 130. The average molecular weight is 1230 g/mol. The second-order valence-corrected chi connectivity index (χ2v) is 25.8. The molecule has 2 aliphatic heterocycles. The lowest BCUT2D eigenvalue weighted by atomic mass is 9.34. The van der Waals surface area contributed by atoms with Crippen molar-refractivity contribution in [2.45, 2.75) is 0 Å². The van der Waals surface area contributed by atoms with Crippen LogP contribution in [0.3, 0.4) is 0 Å². The van der Waals surface area contributed by atoms with E-state index in [9.17, 15) is 0 Å². The van der Waals surface area contributed by atoms with Crippen LogP contribution in [0.2, 0.25) is 0 Å². The van der Waals surface area contributed by atoms with E-state index in [1.54, 1.807) is 0 Å². The summed E-state index contributed by atoms with van der Waals surface area (Å²) in [5.74, 6) is 1.66. The van der Waals surface area contributed by atoms with Crippen LogP contribution in [-0.2, 0) is 0 Å². The van der Waals surface area contributed by atoms with Crippen LogP contribution in [0.5, 0.6) is 11.5 Å². The number of ether oxygens (including phenoxy) is 1. The SMILES string of the molecule is c1ccc(-c2cc(-c3ccccc3)cc(-c3c4ccccc4c(-c4ccc5c(c4)N(c4c(-c6ccccc6)cccc4-c4ccccc4)c4cc(-n6c7ccccc7c7ccccc76)cc6c4B5c4ccc(-n5c7ccccc7c7ccccc75)cc4O6)c4ccccc34)c2)cc1. The van der Waals surface area contributed by atoms with Crippen LogP contribution in [0.1, 0.15) is 0 Å². The van der Waals surface area contributed by atoms with E-state index in [-0.39, 0.29) is 6.71 Å². The number of para-hydroxylation sites is 5. The third-order valence-corrected chi connectivity index (χ3v) is 20.5. The Hall–Kier alpha value is -12.7. The molecule has 4 heterocycles. The summed E-state index contributed by atoms with van der Waals surface area (Å²) in [6.07, 6.45) is 0. The highest BCUT2D eigenvalue weighted by Crippen LogP contribution is 2.53. The van der Waals surface area contributed by atoms with Crippen molar-refractivity contribution in [3.05, 3.63) is 352 Å². The lowest BCUT2D eigenvalue weighted by Gasteiger charge is -2.42. The molecule has 20 rings (SSSR count). The first-order valence-corrected chi connectivity index (χ1v) is 33.5. The second kappa shape index (κ2) is 22.0. The highest BCUT2D eigenvalue weighted by atomic mass is 16.5. The highest BCUT2D eigenvalue weighted by Gasteiger charge is 2.44. The molecule has 0 aliphatic carbocycles. The van der Waals surface area contributed by atoms with Gasteiger partial charge in [0, 0.05) is 61.9 Å². The maximum atomic E-state index is 7.73. The fourth-order valence-electron chi connectivity index (χ4n) is 16.4. The smallest absolute Gasteiger partial charge is 0.256 e. The minimum atomic E-state index is -0.232. The van der Waals surface area contributed by atoms with Gasteiger partial charge in [-0.25, -0.2) is 0 Å². The topological polar surface area (TPSA) is 22.3 Å².